The van der Waals surface area contributed by atoms with Crippen LogP contribution in [-0.4, -0.2) is 29.3 Å². The third-order valence-corrected chi connectivity index (χ3v) is 2.43. The van der Waals surface area contributed by atoms with Crippen LogP contribution in [0.15, 0.2) is 18.5 Å². The lowest BCUT2D eigenvalue weighted by atomic mass is 10.1. The second kappa shape index (κ2) is 10.3. The van der Waals surface area contributed by atoms with E-state index in [-0.39, 0.29) is 23.6 Å². The highest BCUT2D eigenvalue weighted by atomic mass is 19.1. The summed E-state index contributed by atoms with van der Waals surface area (Å²) in [6.07, 6.45) is 1.04. The number of hydrogen-bond donors (Lipinski definition) is 2. The van der Waals surface area contributed by atoms with Crippen molar-refractivity contribution in [3.63, 3.8) is 0 Å². The zero-order chi connectivity index (χ0) is 19.6. The van der Waals surface area contributed by atoms with E-state index in [0.717, 1.165) is 12.4 Å². The molecule has 0 bridgehead atoms. The molecule has 140 valence electrons. The van der Waals surface area contributed by atoms with E-state index in [2.05, 4.69) is 10.3 Å². The van der Waals surface area contributed by atoms with Crippen LogP contribution in [0.5, 0.6) is 0 Å². The smallest absolute Gasteiger partial charge is 0.412 e. The first-order valence-corrected chi connectivity index (χ1v) is 7.93. The second-order valence-electron chi connectivity index (χ2n) is 5.48. The highest BCUT2D eigenvalue weighted by Crippen LogP contribution is 2.21. The molecule has 0 saturated carbocycles. The number of esters is 1. The van der Waals surface area contributed by atoms with Gasteiger partial charge in [0.15, 0.2) is 5.82 Å². The molecule has 0 radical (unpaired) electrons. The summed E-state index contributed by atoms with van der Waals surface area (Å²) in [5.41, 5.74) is 4.51. The van der Waals surface area contributed by atoms with Crippen molar-refractivity contribution in [1.29, 1.82) is 0 Å². The minimum absolute atomic E-state index is 0.0425. The van der Waals surface area contributed by atoms with Crippen LogP contribution in [0, 0.1) is 5.82 Å². The Balaban J connectivity index is 0.00000277. The van der Waals surface area contributed by atoms with Gasteiger partial charge in [0, 0.05) is 6.20 Å². The van der Waals surface area contributed by atoms with Gasteiger partial charge in [0.2, 0.25) is 0 Å². The van der Waals surface area contributed by atoms with Crippen molar-refractivity contribution >= 4 is 23.3 Å². The molecule has 0 spiro atoms. The van der Waals surface area contributed by atoms with Crippen LogP contribution in [0.2, 0.25) is 0 Å². The van der Waals surface area contributed by atoms with Gasteiger partial charge in [-0.2, -0.15) is 0 Å². The lowest BCUT2D eigenvalue weighted by Gasteiger charge is -2.20. The molecule has 0 saturated heterocycles. The largest absolute Gasteiger partial charge is 0.462 e. The molecule has 1 heterocycles. The monoisotopic (exact) mass is 355 g/mol. The zero-order valence-corrected chi connectivity index (χ0v) is 15.5. The van der Waals surface area contributed by atoms with Crippen molar-refractivity contribution < 1.29 is 23.5 Å². The number of anilines is 1. The summed E-state index contributed by atoms with van der Waals surface area (Å²) in [4.78, 5) is 27.3. The lowest BCUT2D eigenvalue weighted by Crippen LogP contribution is -2.27. The number of pyridine rings is 1. The van der Waals surface area contributed by atoms with Crippen molar-refractivity contribution in [2.45, 2.75) is 47.1 Å². The Morgan fingerprint density at radius 3 is 2.44 bits per heavy atom. The average molecular weight is 355 g/mol. The summed E-state index contributed by atoms with van der Waals surface area (Å²) >= 11 is 0. The standard InChI is InChI=1S/C15H20FN3O4.C2H6/c1-5-22-13(20)9(7-17)11-6-12(10(16)8-18-11)19-14(21)23-15(2,3)4;1-2/h6-8H,5,17H2,1-4H3,(H,18,19,21);1-2H3/b9-7+;. The Labute approximate surface area is 147 Å². The van der Waals surface area contributed by atoms with Crippen molar-refractivity contribution in [3.8, 4) is 0 Å². The van der Waals surface area contributed by atoms with Crippen molar-refractivity contribution in [3.05, 3.63) is 30.0 Å². The number of nitrogens with one attached hydrogen (secondary N) is 1. The van der Waals surface area contributed by atoms with Crippen LogP contribution >= 0.6 is 0 Å². The predicted molar refractivity (Wildman–Crippen MR) is 94.2 cm³/mol. The third kappa shape index (κ3) is 7.65. The number of hydrogen-bond acceptors (Lipinski definition) is 6. The fraction of sp³-hybridized carbons (Fsp3) is 0.471. The summed E-state index contributed by atoms with van der Waals surface area (Å²) in [7, 11) is 0. The van der Waals surface area contributed by atoms with Crippen molar-refractivity contribution in [1.82, 2.24) is 4.98 Å². The molecule has 1 rings (SSSR count). The molecular weight excluding hydrogens is 329 g/mol. The number of carbonyl (C=O) groups is 2. The summed E-state index contributed by atoms with van der Waals surface area (Å²) in [6.45, 7) is 10.8. The molecule has 1 amide bonds. The van der Waals surface area contributed by atoms with Crippen LogP contribution in [0.1, 0.15) is 47.2 Å². The van der Waals surface area contributed by atoms with Gasteiger partial charge in [-0.05, 0) is 33.8 Å². The van der Waals surface area contributed by atoms with Gasteiger partial charge in [0.25, 0.3) is 0 Å². The minimum atomic E-state index is -0.831. The molecule has 25 heavy (non-hydrogen) atoms. The fourth-order valence-corrected chi connectivity index (χ4v) is 1.56. The number of ether oxygens (including phenoxy) is 2. The molecule has 0 aliphatic carbocycles. The van der Waals surface area contributed by atoms with Crippen LogP contribution in [0.3, 0.4) is 0 Å². The Morgan fingerprint density at radius 2 is 1.96 bits per heavy atom. The summed E-state index contributed by atoms with van der Waals surface area (Å²) in [5, 5.41) is 2.26. The maximum Gasteiger partial charge on any atom is 0.412 e. The molecule has 7 nitrogen and oxygen atoms in total. The fourth-order valence-electron chi connectivity index (χ4n) is 1.56. The lowest BCUT2D eigenvalue weighted by molar-refractivity contribution is -0.136. The van der Waals surface area contributed by atoms with Crippen LogP contribution in [-0.2, 0) is 14.3 Å². The molecule has 0 fully saturated rings. The predicted octanol–water partition coefficient (Wildman–Crippen LogP) is 3.46. The molecule has 1 aromatic rings. The molecule has 0 atom stereocenters. The van der Waals surface area contributed by atoms with Gasteiger partial charge in [-0.3, -0.25) is 10.3 Å². The maximum absolute atomic E-state index is 13.8. The topological polar surface area (TPSA) is 104 Å². The van der Waals surface area contributed by atoms with E-state index >= 15 is 0 Å². The van der Waals surface area contributed by atoms with E-state index in [0.29, 0.717) is 0 Å². The minimum Gasteiger partial charge on any atom is -0.462 e. The Morgan fingerprint density at radius 1 is 1.36 bits per heavy atom. The van der Waals surface area contributed by atoms with Gasteiger partial charge >= 0.3 is 12.1 Å². The number of aromatic nitrogens is 1. The van der Waals surface area contributed by atoms with Crippen LogP contribution in [0.25, 0.3) is 5.57 Å². The summed E-state index contributed by atoms with van der Waals surface area (Å²) in [6, 6.07) is 1.18. The number of nitrogens with zero attached hydrogens (tertiary/aromatic N) is 1. The number of halogens is 1. The normalized spacial score (nSPS) is 11.1. The maximum atomic E-state index is 13.8. The Kier molecular flexibility index (Phi) is 9.19. The molecular formula is C17H26FN3O4. The average Bonchev–Trinajstić information content (AvgIpc) is 2.51. The SMILES string of the molecule is CC.CCOC(=O)/C(=C/N)c1cc(NC(=O)OC(C)(C)C)c(F)cn1. The highest BCUT2D eigenvalue weighted by Gasteiger charge is 2.20. The quantitative estimate of drug-likeness (QED) is 0.633. The van der Waals surface area contributed by atoms with Gasteiger partial charge < -0.3 is 15.2 Å². The molecule has 0 aliphatic heterocycles. The van der Waals surface area contributed by atoms with Gasteiger partial charge in [-0.1, -0.05) is 13.8 Å². The van der Waals surface area contributed by atoms with Crippen molar-refractivity contribution in [2.24, 2.45) is 5.73 Å². The van der Waals surface area contributed by atoms with E-state index in [1.54, 1.807) is 27.7 Å². The molecule has 0 aliphatic rings. The summed E-state index contributed by atoms with van der Waals surface area (Å²) < 4.78 is 23.7. The van der Waals surface area contributed by atoms with Gasteiger partial charge in [0.1, 0.15) is 11.2 Å². The van der Waals surface area contributed by atoms with Crippen molar-refractivity contribution in [2.75, 3.05) is 11.9 Å². The molecule has 3 N–H and O–H groups in total. The van der Waals surface area contributed by atoms with E-state index < -0.39 is 23.5 Å². The van der Waals surface area contributed by atoms with E-state index in [4.69, 9.17) is 15.2 Å². The highest BCUT2D eigenvalue weighted by molar-refractivity contribution is 6.15. The first kappa shape index (κ1) is 22.4. The Bertz CT molecular complexity index is 625. The Hall–Kier alpha value is -2.64. The molecule has 1 aromatic heterocycles. The van der Waals surface area contributed by atoms with E-state index in [1.165, 1.54) is 6.07 Å². The molecule has 0 unspecified atom stereocenters. The summed E-state index contributed by atoms with van der Waals surface area (Å²) in [5.74, 6) is -1.47. The van der Waals surface area contributed by atoms with Crippen LogP contribution < -0.4 is 11.1 Å². The second-order valence-corrected chi connectivity index (χ2v) is 5.48. The van der Waals surface area contributed by atoms with Gasteiger partial charge in [-0.15, -0.1) is 0 Å². The first-order chi connectivity index (χ1) is 11.7. The number of rotatable bonds is 4. The zero-order valence-electron chi connectivity index (χ0n) is 15.5. The first-order valence-electron chi connectivity index (χ1n) is 7.93. The number of carbonyl (C=O) groups excluding carboxylic acids is 2. The van der Waals surface area contributed by atoms with E-state index in [1.807, 2.05) is 13.8 Å². The van der Waals surface area contributed by atoms with Gasteiger partial charge in [0.05, 0.1) is 24.2 Å². The number of nitrogens with two attached hydrogens (primary N) is 1. The van der Waals surface area contributed by atoms with Crippen LogP contribution in [0.4, 0.5) is 14.9 Å². The number of amides is 1. The van der Waals surface area contributed by atoms with Gasteiger partial charge in [-0.25, -0.2) is 14.0 Å². The third-order valence-electron chi connectivity index (χ3n) is 2.43. The molecule has 0 aromatic carbocycles. The molecule has 8 heteroatoms. The van der Waals surface area contributed by atoms with E-state index in [9.17, 15) is 14.0 Å².